The van der Waals surface area contributed by atoms with Crippen LogP contribution in [0.5, 0.6) is 0 Å². The lowest BCUT2D eigenvalue weighted by Crippen LogP contribution is -2.35. The highest BCUT2D eigenvalue weighted by Gasteiger charge is 2.22. The molecule has 2 heterocycles. The van der Waals surface area contributed by atoms with Gasteiger partial charge in [-0.15, -0.1) is 0 Å². The van der Waals surface area contributed by atoms with Crippen LogP contribution in [-0.4, -0.2) is 36.0 Å². The maximum Gasteiger partial charge on any atom is 0.0489 e. The summed E-state index contributed by atoms with van der Waals surface area (Å²) in [5, 5.41) is 7.97. The minimum atomic E-state index is 0.510. The van der Waals surface area contributed by atoms with Gasteiger partial charge < -0.3 is 10.2 Å². The zero-order valence-electron chi connectivity index (χ0n) is 13.6. The van der Waals surface area contributed by atoms with Crippen LogP contribution >= 0.6 is 0 Å². The van der Waals surface area contributed by atoms with Crippen molar-refractivity contribution in [3.8, 4) is 0 Å². The van der Waals surface area contributed by atoms with Gasteiger partial charge >= 0.3 is 0 Å². The number of fused-ring (bicyclic) bond motifs is 1. The van der Waals surface area contributed by atoms with Gasteiger partial charge in [0.25, 0.3) is 0 Å². The van der Waals surface area contributed by atoms with E-state index in [1.165, 1.54) is 17.7 Å². The fourth-order valence-corrected chi connectivity index (χ4v) is 3.22. The minimum absolute atomic E-state index is 0.510. The maximum absolute atomic E-state index is 4.26. The number of aryl methyl sites for hydroxylation is 1. The van der Waals surface area contributed by atoms with E-state index in [4.69, 9.17) is 0 Å². The van der Waals surface area contributed by atoms with E-state index in [1.807, 2.05) is 23.1 Å². The molecule has 1 aromatic heterocycles. The van der Waals surface area contributed by atoms with Gasteiger partial charge in [0.05, 0.1) is 0 Å². The molecule has 0 unspecified atom stereocenters. The molecule has 2 atom stereocenters. The summed E-state index contributed by atoms with van der Waals surface area (Å²) in [5.74, 6) is 0.625. The van der Waals surface area contributed by atoms with E-state index in [2.05, 4.69) is 53.6 Å². The Morgan fingerprint density at radius 3 is 3.00 bits per heavy atom. The Morgan fingerprint density at radius 1 is 1.32 bits per heavy atom. The molecule has 3 rings (SSSR count). The smallest absolute Gasteiger partial charge is 0.0489 e. The first-order valence-electron chi connectivity index (χ1n) is 8.25. The van der Waals surface area contributed by atoms with Crippen LogP contribution in [0.15, 0.2) is 42.7 Å². The first-order chi connectivity index (χ1) is 10.7. The summed E-state index contributed by atoms with van der Waals surface area (Å²) in [6.07, 6.45) is 6.20. The molecule has 0 bridgehead atoms. The largest absolute Gasteiger partial charge is 0.374 e. The Labute approximate surface area is 133 Å². The van der Waals surface area contributed by atoms with Crippen molar-refractivity contribution in [2.75, 3.05) is 25.0 Å². The molecule has 1 aliphatic rings. The van der Waals surface area contributed by atoms with Gasteiger partial charge in [-0.05, 0) is 37.5 Å². The van der Waals surface area contributed by atoms with Crippen LogP contribution in [0.25, 0.3) is 0 Å². The summed E-state index contributed by atoms with van der Waals surface area (Å²) in [4.78, 5) is 2.37. The molecule has 0 amide bonds. The van der Waals surface area contributed by atoms with E-state index in [1.54, 1.807) is 0 Å². The van der Waals surface area contributed by atoms with E-state index < -0.39 is 0 Å². The number of para-hydroxylation sites is 1. The third-order valence-electron chi connectivity index (χ3n) is 4.66. The molecule has 0 aliphatic carbocycles. The number of nitrogens with zero attached hydrogens (tertiary/aromatic N) is 3. The quantitative estimate of drug-likeness (QED) is 0.890. The van der Waals surface area contributed by atoms with Crippen molar-refractivity contribution in [1.82, 2.24) is 15.1 Å². The Kier molecular flexibility index (Phi) is 4.78. The third-order valence-corrected chi connectivity index (χ3v) is 4.66. The molecule has 0 saturated carbocycles. The van der Waals surface area contributed by atoms with Crippen molar-refractivity contribution in [3.63, 3.8) is 0 Å². The van der Waals surface area contributed by atoms with Gasteiger partial charge in [-0.2, -0.15) is 5.10 Å². The average Bonchev–Trinajstić information content (AvgIpc) is 3.06. The van der Waals surface area contributed by atoms with Crippen LogP contribution in [0, 0.1) is 0 Å². The van der Waals surface area contributed by atoms with Crippen molar-refractivity contribution in [3.05, 3.63) is 48.3 Å². The second-order valence-electron chi connectivity index (χ2n) is 6.33. The predicted molar refractivity (Wildman–Crippen MR) is 91.4 cm³/mol. The summed E-state index contributed by atoms with van der Waals surface area (Å²) in [6.45, 7) is 5.45. The molecule has 1 N–H and O–H groups in total. The SMILES string of the molecule is C[C@H](CCn1cccn1)NC[C@@H]1CCN(C)c2ccccc21. The molecular formula is C18H26N4. The van der Waals surface area contributed by atoms with Crippen LogP contribution in [-0.2, 0) is 6.54 Å². The molecule has 1 aliphatic heterocycles. The minimum Gasteiger partial charge on any atom is -0.374 e. The second-order valence-corrected chi connectivity index (χ2v) is 6.33. The van der Waals surface area contributed by atoms with Gasteiger partial charge in [-0.25, -0.2) is 0 Å². The van der Waals surface area contributed by atoms with Gasteiger partial charge in [0.2, 0.25) is 0 Å². The van der Waals surface area contributed by atoms with Crippen molar-refractivity contribution >= 4 is 5.69 Å². The number of benzene rings is 1. The number of rotatable bonds is 6. The van der Waals surface area contributed by atoms with Crippen molar-refractivity contribution < 1.29 is 0 Å². The van der Waals surface area contributed by atoms with Crippen LogP contribution in [0.3, 0.4) is 0 Å². The summed E-state index contributed by atoms with van der Waals surface area (Å²) >= 11 is 0. The van der Waals surface area contributed by atoms with E-state index in [0.29, 0.717) is 12.0 Å². The summed E-state index contributed by atoms with van der Waals surface area (Å²) in [5.41, 5.74) is 2.88. The van der Waals surface area contributed by atoms with Crippen LogP contribution < -0.4 is 10.2 Å². The molecule has 0 radical (unpaired) electrons. The Hall–Kier alpha value is -1.81. The molecule has 2 aromatic rings. The van der Waals surface area contributed by atoms with E-state index in [9.17, 15) is 0 Å². The van der Waals surface area contributed by atoms with Crippen molar-refractivity contribution in [2.24, 2.45) is 0 Å². The maximum atomic E-state index is 4.26. The average molecular weight is 298 g/mol. The van der Waals surface area contributed by atoms with E-state index in [0.717, 1.165) is 26.1 Å². The Bertz CT molecular complexity index is 579. The fourth-order valence-electron chi connectivity index (χ4n) is 3.22. The summed E-state index contributed by atoms with van der Waals surface area (Å²) < 4.78 is 2.00. The molecule has 4 heteroatoms. The predicted octanol–water partition coefficient (Wildman–Crippen LogP) is 2.88. The highest BCUT2D eigenvalue weighted by atomic mass is 15.3. The molecule has 22 heavy (non-hydrogen) atoms. The Morgan fingerprint density at radius 2 is 2.18 bits per heavy atom. The number of hydrogen-bond acceptors (Lipinski definition) is 3. The number of nitrogens with one attached hydrogen (secondary N) is 1. The molecular weight excluding hydrogens is 272 g/mol. The monoisotopic (exact) mass is 298 g/mol. The lowest BCUT2D eigenvalue weighted by molar-refractivity contribution is 0.432. The lowest BCUT2D eigenvalue weighted by atomic mass is 9.90. The van der Waals surface area contributed by atoms with Gasteiger partial charge in [0.15, 0.2) is 0 Å². The molecule has 0 spiro atoms. The number of aromatic nitrogens is 2. The van der Waals surface area contributed by atoms with E-state index >= 15 is 0 Å². The zero-order chi connectivity index (χ0) is 15.4. The van der Waals surface area contributed by atoms with E-state index in [-0.39, 0.29) is 0 Å². The third kappa shape index (κ3) is 3.50. The molecule has 1 aromatic carbocycles. The topological polar surface area (TPSA) is 33.1 Å². The molecule has 118 valence electrons. The van der Waals surface area contributed by atoms with Crippen molar-refractivity contribution in [1.29, 1.82) is 0 Å². The molecule has 0 saturated heterocycles. The summed E-state index contributed by atoms with van der Waals surface area (Å²) in [7, 11) is 2.19. The number of hydrogen-bond donors (Lipinski definition) is 1. The standard InChI is InChI=1S/C18H26N4/c1-15(8-13-22-11-5-10-20-22)19-14-16-9-12-21(2)18-7-4-3-6-17(16)18/h3-7,10-11,15-16,19H,8-9,12-14H2,1-2H3/t15-,16+/m1/s1. The van der Waals surface area contributed by atoms with Crippen LogP contribution in [0.1, 0.15) is 31.2 Å². The second kappa shape index (κ2) is 6.97. The first-order valence-corrected chi connectivity index (χ1v) is 8.25. The van der Waals surface area contributed by atoms with Crippen LogP contribution in [0.2, 0.25) is 0 Å². The highest BCUT2D eigenvalue weighted by molar-refractivity contribution is 5.56. The van der Waals surface area contributed by atoms with Crippen LogP contribution in [0.4, 0.5) is 5.69 Å². The first kappa shape index (κ1) is 15.1. The highest BCUT2D eigenvalue weighted by Crippen LogP contribution is 2.33. The zero-order valence-corrected chi connectivity index (χ0v) is 13.6. The fraction of sp³-hybridized carbons (Fsp3) is 0.500. The van der Waals surface area contributed by atoms with Gasteiger partial charge in [0.1, 0.15) is 0 Å². The lowest BCUT2D eigenvalue weighted by Gasteiger charge is -2.34. The van der Waals surface area contributed by atoms with Gasteiger partial charge in [0, 0.05) is 56.7 Å². The number of anilines is 1. The normalized spacial score (nSPS) is 19.0. The van der Waals surface area contributed by atoms with Gasteiger partial charge in [-0.3, -0.25) is 4.68 Å². The van der Waals surface area contributed by atoms with Crippen molar-refractivity contribution in [2.45, 2.75) is 38.3 Å². The molecule has 4 nitrogen and oxygen atoms in total. The Balaban J connectivity index is 1.52. The van der Waals surface area contributed by atoms with Gasteiger partial charge in [-0.1, -0.05) is 18.2 Å². The molecule has 0 fully saturated rings. The summed E-state index contributed by atoms with van der Waals surface area (Å²) in [6, 6.07) is 11.3.